The summed E-state index contributed by atoms with van der Waals surface area (Å²) in [5, 5.41) is 13.0. The van der Waals surface area contributed by atoms with E-state index in [2.05, 4.69) is 5.10 Å². The van der Waals surface area contributed by atoms with Crippen LogP contribution >= 0.6 is 34.8 Å². The molecule has 1 amide bonds. The highest BCUT2D eigenvalue weighted by Crippen LogP contribution is 2.35. The first kappa shape index (κ1) is 20.0. The zero-order chi connectivity index (χ0) is 18.9. The summed E-state index contributed by atoms with van der Waals surface area (Å²) in [6.45, 7) is -0.910. The monoisotopic (exact) mass is 422 g/mol. The Bertz CT molecular complexity index is 720. The molecule has 0 unspecified atom stereocenters. The van der Waals surface area contributed by atoms with Crippen LogP contribution in [0.4, 0.5) is 17.6 Å². The molecule has 25 heavy (non-hydrogen) atoms. The number of hydrogen-bond donors (Lipinski definition) is 1. The van der Waals surface area contributed by atoms with Crippen molar-refractivity contribution < 1.29 is 32.2 Å². The van der Waals surface area contributed by atoms with E-state index < -0.39 is 43.2 Å². The van der Waals surface area contributed by atoms with Gasteiger partial charge in [0.25, 0.3) is 18.8 Å². The van der Waals surface area contributed by atoms with Crippen LogP contribution in [0.2, 0.25) is 15.1 Å². The Morgan fingerprint density at radius 2 is 1.84 bits per heavy atom. The SMILES string of the molecule is O=C(COc1cc(Cl)c(Cl)cc1Cl)N1N=C(C(F)F)C[C@@]1(O)C(F)F. The van der Waals surface area contributed by atoms with Gasteiger partial charge in [-0.1, -0.05) is 34.8 Å². The molecule has 0 radical (unpaired) electrons. The van der Waals surface area contributed by atoms with Crippen molar-refractivity contribution >= 4 is 46.4 Å². The van der Waals surface area contributed by atoms with Gasteiger partial charge in [0.15, 0.2) is 6.61 Å². The van der Waals surface area contributed by atoms with Gasteiger partial charge in [0, 0.05) is 12.5 Å². The fourth-order valence-electron chi connectivity index (χ4n) is 1.97. The van der Waals surface area contributed by atoms with E-state index in [9.17, 15) is 27.5 Å². The Morgan fingerprint density at radius 1 is 1.24 bits per heavy atom. The minimum atomic E-state index is -3.52. The summed E-state index contributed by atoms with van der Waals surface area (Å²) in [5.41, 5.74) is -4.21. The third-order valence-corrected chi connectivity index (χ3v) is 4.22. The Labute approximate surface area is 153 Å². The maximum atomic E-state index is 13.0. The van der Waals surface area contributed by atoms with E-state index in [0.717, 1.165) is 0 Å². The van der Waals surface area contributed by atoms with Gasteiger partial charge in [0.05, 0.1) is 15.1 Å². The van der Waals surface area contributed by atoms with Crippen molar-refractivity contribution in [2.24, 2.45) is 5.10 Å². The molecule has 0 spiro atoms. The van der Waals surface area contributed by atoms with Gasteiger partial charge in [-0.05, 0) is 6.07 Å². The van der Waals surface area contributed by atoms with Crippen LogP contribution in [-0.4, -0.2) is 46.9 Å². The highest BCUT2D eigenvalue weighted by molar-refractivity contribution is 6.43. The van der Waals surface area contributed by atoms with Crippen LogP contribution in [0.15, 0.2) is 17.2 Å². The molecule has 1 N–H and O–H groups in total. The molecule has 138 valence electrons. The van der Waals surface area contributed by atoms with Crippen molar-refractivity contribution in [1.82, 2.24) is 5.01 Å². The Hall–Kier alpha value is -1.29. The van der Waals surface area contributed by atoms with E-state index in [-0.39, 0.29) is 25.8 Å². The lowest BCUT2D eigenvalue weighted by Crippen LogP contribution is -2.52. The topological polar surface area (TPSA) is 62.1 Å². The fraction of sp³-hybridized carbons (Fsp3) is 0.385. The molecule has 0 fully saturated rings. The molecule has 1 heterocycles. The summed E-state index contributed by atoms with van der Waals surface area (Å²) in [5.74, 6) is -1.37. The first-order valence-electron chi connectivity index (χ1n) is 6.52. The summed E-state index contributed by atoms with van der Waals surface area (Å²) < 4.78 is 56.5. The zero-order valence-corrected chi connectivity index (χ0v) is 14.3. The summed E-state index contributed by atoms with van der Waals surface area (Å²) in [6, 6.07) is 2.40. The van der Waals surface area contributed by atoms with E-state index in [0.29, 0.717) is 0 Å². The first-order chi connectivity index (χ1) is 11.6. The van der Waals surface area contributed by atoms with Gasteiger partial charge >= 0.3 is 0 Å². The third kappa shape index (κ3) is 4.11. The van der Waals surface area contributed by atoms with Crippen molar-refractivity contribution in [2.45, 2.75) is 25.0 Å². The maximum absolute atomic E-state index is 13.0. The van der Waals surface area contributed by atoms with E-state index in [1.807, 2.05) is 0 Å². The Balaban J connectivity index is 2.17. The summed E-state index contributed by atoms with van der Waals surface area (Å²) in [6.07, 6.45) is -7.90. The quantitative estimate of drug-likeness (QED) is 0.578. The molecule has 1 atom stereocenters. The molecule has 1 aromatic carbocycles. The second-order valence-corrected chi connectivity index (χ2v) is 6.16. The number of nitrogens with zero attached hydrogens (tertiary/aromatic N) is 2. The number of amides is 1. The fourth-order valence-corrected chi connectivity index (χ4v) is 2.56. The van der Waals surface area contributed by atoms with Crippen molar-refractivity contribution in [1.29, 1.82) is 0 Å². The van der Waals surface area contributed by atoms with E-state index in [1.54, 1.807) is 0 Å². The predicted molar refractivity (Wildman–Crippen MR) is 82.8 cm³/mol. The lowest BCUT2D eigenvalue weighted by molar-refractivity contribution is -0.193. The maximum Gasteiger partial charge on any atom is 0.287 e. The molecule has 2 rings (SSSR count). The number of halogens is 7. The number of rotatable bonds is 5. The van der Waals surface area contributed by atoms with Crippen LogP contribution in [0, 0.1) is 0 Å². The van der Waals surface area contributed by atoms with Gasteiger partial charge in [0.1, 0.15) is 11.5 Å². The van der Waals surface area contributed by atoms with Crippen LogP contribution < -0.4 is 4.74 Å². The van der Waals surface area contributed by atoms with Crippen LogP contribution in [0.3, 0.4) is 0 Å². The van der Waals surface area contributed by atoms with Crippen LogP contribution in [0.1, 0.15) is 6.42 Å². The van der Waals surface area contributed by atoms with Crippen LogP contribution in [0.5, 0.6) is 5.75 Å². The van der Waals surface area contributed by atoms with Gasteiger partial charge < -0.3 is 9.84 Å². The molecule has 0 aliphatic carbocycles. The second-order valence-electron chi connectivity index (χ2n) is 4.94. The number of hydrazone groups is 1. The Morgan fingerprint density at radius 3 is 2.40 bits per heavy atom. The average Bonchev–Trinajstić information content (AvgIpc) is 2.89. The minimum absolute atomic E-state index is 0.0236. The summed E-state index contributed by atoms with van der Waals surface area (Å²) in [4.78, 5) is 12.0. The number of hydrogen-bond acceptors (Lipinski definition) is 4. The van der Waals surface area contributed by atoms with E-state index >= 15 is 0 Å². The third-order valence-electron chi connectivity index (χ3n) is 3.20. The molecule has 12 heteroatoms. The molecule has 1 aliphatic heterocycles. The Kier molecular flexibility index (Phi) is 6.03. The highest BCUT2D eigenvalue weighted by Gasteiger charge is 2.53. The highest BCUT2D eigenvalue weighted by atomic mass is 35.5. The molecule has 0 saturated carbocycles. The van der Waals surface area contributed by atoms with Crippen molar-refractivity contribution in [2.75, 3.05) is 6.61 Å². The first-order valence-corrected chi connectivity index (χ1v) is 7.66. The number of aliphatic hydroxyl groups is 1. The largest absolute Gasteiger partial charge is 0.482 e. The zero-order valence-electron chi connectivity index (χ0n) is 12.0. The lowest BCUT2D eigenvalue weighted by Gasteiger charge is -2.29. The second kappa shape index (κ2) is 7.53. The molecule has 0 bridgehead atoms. The molecule has 1 aromatic rings. The molecular formula is C13H9Cl3F4N2O3. The molecular weight excluding hydrogens is 415 g/mol. The number of carbonyl (C=O) groups excluding carboxylic acids is 1. The predicted octanol–water partition coefficient (Wildman–Crippen LogP) is 3.83. The smallest absolute Gasteiger partial charge is 0.287 e. The lowest BCUT2D eigenvalue weighted by atomic mass is 10.1. The standard InChI is InChI=1S/C13H9Cl3F4N2O3/c14-5-1-7(16)9(2-6(5)15)25-4-10(23)22-13(24,12(19)20)3-8(21-22)11(17)18/h1-2,11-12,24H,3-4H2/t13-/m1/s1. The molecule has 5 nitrogen and oxygen atoms in total. The van der Waals surface area contributed by atoms with Gasteiger partial charge in [-0.15, -0.1) is 0 Å². The van der Waals surface area contributed by atoms with Crippen molar-refractivity contribution in [3.63, 3.8) is 0 Å². The molecule has 0 aromatic heterocycles. The van der Waals surface area contributed by atoms with Gasteiger partial charge in [-0.3, -0.25) is 4.79 Å². The number of ether oxygens (including phenoxy) is 1. The van der Waals surface area contributed by atoms with E-state index in [1.165, 1.54) is 12.1 Å². The minimum Gasteiger partial charge on any atom is -0.482 e. The van der Waals surface area contributed by atoms with Crippen molar-refractivity contribution in [3.05, 3.63) is 27.2 Å². The van der Waals surface area contributed by atoms with Crippen molar-refractivity contribution in [3.8, 4) is 5.75 Å². The average molecular weight is 424 g/mol. The number of alkyl halides is 4. The van der Waals surface area contributed by atoms with Gasteiger partial charge in [0.2, 0.25) is 5.72 Å². The van der Waals surface area contributed by atoms with Crippen LogP contribution in [0.25, 0.3) is 0 Å². The van der Waals surface area contributed by atoms with E-state index in [4.69, 9.17) is 39.5 Å². The molecule has 0 saturated heterocycles. The normalized spacial score (nSPS) is 20.4. The van der Waals surface area contributed by atoms with Crippen LogP contribution in [-0.2, 0) is 4.79 Å². The van der Waals surface area contributed by atoms with Gasteiger partial charge in [-0.2, -0.15) is 10.1 Å². The molecule has 1 aliphatic rings. The van der Waals surface area contributed by atoms with Gasteiger partial charge in [-0.25, -0.2) is 17.6 Å². The number of carbonyl (C=O) groups is 1. The number of benzene rings is 1. The summed E-state index contributed by atoms with van der Waals surface area (Å²) >= 11 is 17.3. The summed E-state index contributed by atoms with van der Waals surface area (Å²) in [7, 11) is 0.